The highest BCUT2D eigenvalue weighted by Gasteiger charge is 2.16. The van der Waals surface area contributed by atoms with Crippen molar-refractivity contribution < 1.29 is 4.79 Å². The Morgan fingerprint density at radius 1 is 1.48 bits per heavy atom. The Labute approximate surface area is 124 Å². The molecular formula is C15H21N5O. The van der Waals surface area contributed by atoms with Gasteiger partial charge in [0.1, 0.15) is 12.4 Å². The van der Waals surface area contributed by atoms with E-state index >= 15 is 0 Å². The number of amides is 1. The number of aryl methyl sites for hydroxylation is 2. The minimum Gasteiger partial charge on any atom is -0.384 e. The maximum atomic E-state index is 12.2. The summed E-state index contributed by atoms with van der Waals surface area (Å²) in [5.74, 6) is 0.367. The highest BCUT2D eigenvalue weighted by atomic mass is 16.2. The first kappa shape index (κ1) is 15.0. The quantitative estimate of drug-likeness (QED) is 0.877. The first-order valence-electron chi connectivity index (χ1n) is 7.02. The number of nitrogens with zero attached hydrogens (tertiary/aromatic N) is 3. The number of nitrogen functional groups attached to an aromatic ring is 1. The molecule has 3 N–H and O–H groups in total. The van der Waals surface area contributed by atoms with Crippen LogP contribution in [0.1, 0.15) is 36.3 Å². The SMILES string of the molecule is CC[C@@H](NC(=O)Cn1nc(C)cc1N)c1ncccc1C. The first-order chi connectivity index (χ1) is 10.0. The van der Waals surface area contributed by atoms with E-state index in [1.807, 2.05) is 32.9 Å². The normalized spacial score (nSPS) is 12.1. The van der Waals surface area contributed by atoms with Crippen LogP contribution in [0, 0.1) is 13.8 Å². The molecule has 0 radical (unpaired) electrons. The van der Waals surface area contributed by atoms with Gasteiger partial charge in [-0.05, 0) is 31.9 Å². The molecule has 1 amide bonds. The van der Waals surface area contributed by atoms with Crippen molar-refractivity contribution in [2.24, 2.45) is 0 Å². The van der Waals surface area contributed by atoms with Gasteiger partial charge >= 0.3 is 0 Å². The van der Waals surface area contributed by atoms with Gasteiger partial charge in [0.05, 0.1) is 17.4 Å². The van der Waals surface area contributed by atoms with Crippen molar-refractivity contribution in [3.63, 3.8) is 0 Å². The van der Waals surface area contributed by atoms with Gasteiger partial charge in [0.2, 0.25) is 5.91 Å². The molecule has 1 atom stereocenters. The van der Waals surface area contributed by atoms with Gasteiger partial charge in [-0.1, -0.05) is 13.0 Å². The topological polar surface area (TPSA) is 85.8 Å². The number of hydrogen-bond acceptors (Lipinski definition) is 4. The third kappa shape index (κ3) is 3.59. The minimum atomic E-state index is -0.123. The van der Waals surface area contributed by atoms with Crippen LogP contribution in [0.2, 0.25) is 0 Å². The van der Waals surface area contributed by atoms with Gasteiger partial charge in [0, 0.05) is 12.3 Å². The Morgan fingerprint density at radius 3 is 2.81 bits per heavy atom. The van der Waals surface area contributed by atoms with Crippen molar-refractivity contribution >= 4 is 11.7 Å². The van der Waals surface area contributed by atoms with Crippen LogP contribution in [0.4, 0.5) is 5.82 Å². The lowest BCUT2D eigenvalue weighted by molar-refractivity contribution is -0.122. The van der Waals surface area contributed by atoms with Crippen LogP contribution >= 0.6 is 0 Å². The summed E-state index contributed by atoms with van der Waals surface area (Å²) in [7, 11) is 0. The zero-order valence-electron chi connectivity index (χ0n) is 12.6. The van der Waals surface area contributed by atoms with E-state index in [2.05, 4.69) is 15.4 Å². The van der Waals surface area contributed by atoms with E-state index in [0.717, 1.165) is 23.4 Å². The molecule has 0 spiro atoms. The largest absolute Gasteiger partial charge is 0.384 e. The number of carbonyl (C=O) groups is 1. The van der Waals surface area contributed by atoms with Crippen LogP contribution in [0.5, 0.6) is 0 Å². The molecule has 2 heterocycles. The number of aromatic nitrogens is 3. The molecule has 6 nitrogen and oxygen atoms in total. The van der Waals surface area contributed by atoms with Crippen molar-refractivity contribution in [3.8, 4) is 0 Å². The Morgan fingerprint density at radius 2 is 2.24 bits per heavy atom. The summed E-state index contributed by atoms with van der Waals surface area (Å²) in [4.78, 5) is 16.5. The first-order valence-corrected chi connectivity index (χ1v) is 7.02. The Bertz CT molecular complexity index is 635. The van der Waals surface area contributed by atoms with E-state index in [4.69, 9.17) is 5.73 Å². The summed E-state index contributed by atoms with van der Waals surface area (Å²) >= 11 is 0. The summed E-state index contributed by atoms with van der Waals surface area (Å²) in [6.45, 7) is 5.97. The molecule has 0 aliphatic carbocycles. The molecule has 0 saturated carbocycles. The van der Waals surface area contributed by atoms with E-state index in [1.54, 1.807) is 12.3 Å². The molecule has 0 saturated heterocycles. The molecule has 0 aliphatic heterocycles. The third-order valence-electron chi connectivity index (χ3n) is 3.35. The minimum absolute atomic E-state index is 0.100. The van der Waals surface area contributed by atoms with Crippen molar-refractivity contribution in [3.05, 3.63) is 41.3 Å². The smallest absolute Gasteiger partial charge is 0.242 e. The third-order valence-corrected chi connectivity index (χ3v) is 3.35. The molecule has 112 valence electrons. The van der Waals surface area contributed by atoms with Crippen molar-refractivity contribution in [2.75, 3.05) is 5.73 Å². The fourth-order valence-corrected chi connectivity index (χ4v) is 2.29. The summed E-state index contributed by atoms with van der Waals surface area (Å²) in [5, 5.41) is 7.18. The van der Waals surface area contributed by atoms with Crippen molar-refractivity contribution in [2.45, 2.75) is 39.8 Å². The molecular weight excluding hydrogens is 266 g/mol. The van der Waals surface area contributed by atoms with Crippen LogP contribution < -0.4 is 11.1 Å². The lowest BCUT2D eigenvalue weighted by atomic mass is 10.1. The molecule has 2 rings (SSSR count). The average Bonchev–Trinajstić information content (AvgIpc) is 2.75. The van der Waals surface area contributed by atoms with Gasteiger partial charge in [-0.25, -0.2) is 4.68 Å². The maximum Gasteiger partial charge on any atom is 0.242 e. The maximum absolute atomic E-state index is 12.2. The van der Waals surface area contributed by atoms with E-state index in [9.17, 15) is 4.79 Å². The number of carbonyl (C=O) groups excluding carboxylic acids is 1. The molecule has 2 aromatic rings. The van der Waals surface area contributed by atoms with Crippen molar-refractivity contribution in [1.29, 1.82) is 0 Å². The molecule has 21 heavy (non-hydrogen) atoms. The Balaban J connectivity index is 2.07. The highest BCUT2D eigenvalue weighted by Crippen LogP contribution is 2.17. The molecule has 6 heteroatoms. The lowest BCUT2D eigenvalue weighted by Crippen LogP contribution is -2.32. The van der Waals surface area contributed by atoms with E-state index in [-0.39, 0.29) is 18.5 Å². The van der Waals surface area contributed by atoms with Gasteiger partial charge < -0.3 is 11.1 Å². The second-order valence-corrected chi connectivity index (χ2v) is 5.10. The Kier molecular flexibility index (Phi) is 4.57. The monoisotopic (exact) mass is 287 g/mol. The van der Waals surface area contributed by atoms with Gasteiger partial charge in [-0.2, -0.15) is 5.10 Å². The van der Waals surface area contributed by atoms with E-state index < -0.39 is 0 Å². The van der Waals surface area contributed by atoms with Gasteiger partial charge in [0.25, 0.3) is 0 Å². The molecule has 0 bridgehead atoms. The van der Waals surface area contributed by atoms with Crippen LogP contribution in [0.3, 0.4) is 0 Å². The lowest BCUT2D eigenvalue weighted by Gasteiger charge is -2.18. The zero-order chi connectivity index (χ0) is 15.4. The average molecular weight is 287 g/mol. The summed E-state index contributed by atoms with van der Waals surface area (Å²) in [5.41, 5.74) is 8.56. The van der Waals surface area contributed by atoms with E-state index in [0.29, 0.717) is 5.82 Å². The second kappa shape index (κ2) is 6.39. The summed E-state index contributed by atoms with van der Waals surface area (Å²) in [6, 6.07) is 5.52. The predicted octanol–water partition coefficient (Wildman–Crippen LogP) is 1.74. The molecule has 0 aromatic carbocycles. The summed E-state index contributed by atoms with van der Waals surface area (Å²) in [6.07, 6.45) is 2.52. The summed E-state index contributed by atoms with van der Waals surface area (Å²) < 4.78 is 1.50. The van der Waals surface area contributed by atoms with Crippen LogP contribution in [0.25, 0.3) is 0 Å². The van der Waals surface area contributed by atoms with Crippen LogP contribution in [-0.4, -0.2) is 20.7 Å². The van der Waals surface area contributed by atoms with Gasteiger partial charge in [-0.15, -0.1) is 0 Å². The standard InChI is InChI=1S/C15H21N5O/c1-4-12(15-10(2)6-5-7-17-15)18-14(21)9-20-13(16)8-11(3)19-20/h5-8,12H,4,9,16H2,1-3H3,(H,18,21)/t12-/m1/s1. The molecule has 2 aromatic heterocycles. The fourth-order valence-electron chi connectivity index (χ4n) is 2.29. The Hall–Kier alpha value is -2.37. The van der Waals surface area contributed by atoms with Crippen LogP contribution in [0.15, 0.2) is 24.4 Å². The second-order valence-electron chi connectivity index (χ2n) is 5.10. The molecule has 0 unspecified atom stereocenters. The van der Waals surface area contributed by atoms with Crippen molar-refractivity contribution in [1.82, 2.24) is 20.1 Å². The predicted molar refractivity (Wildman–Crippen MR) is 81.5 cm³/mol. The molecule has 0 fully saturated rings. The number of pyridine rings is 1. The fraction of sp³-hybridized carbons (Fsp3) is 0.400. The van der Waals surface area contributed by atoms with Gasteiger partial charge in [-0.3, -0.25) is 9.78 Å². The van der Waals surface area contributed by atoms with Gasteiger partial charge in [0.15, 0.2) is 0 Å². The highest BCUT2D eigenvalue weighted by molar-refractivity contribution is 5.76. The number of hydrogen-bond donors (Lipinski definition) is 2. The molecule has 0 aliphatic rings. The zero-order valence-corrected chi connectivity index (χ0v) is 12.6. The number of nitrogens with two attached hydrogens (primary N) is 1. The number of nitrogens with one attached hydrogen (secondary N) is 1. The van der Waals surface area contributed by atoms with E-state index in [1.165, 1.54) is 4.68 Å². The van der Waals surface area contributed by atoms with Crippen LogP contribution in [-0.2, 0) is 11.3 Å². The number of rotatable bonds is 5. The number of anilines is 1.